The first kappa shape index (κ1) is 15.3. The van der Waals surface area contributed by atoms with E-state index in [2.05, 4.69) is 10.8 Å². The Hall–Kier alpha value is -1.13. The van der Waals surface area contributed by atoms with E-state index in [1.54, 1.807) is 12.1 Å². The number of nitrogens with one attached hydrogen (secondary N) is 1. The summed E-state index contributed by atoms with van der Waals surface area (Å²) in [5.41, 5.74) is 3.50. The van der Waals surface area contributed by atoms with Gasteiger partial charge in [0, 0.05) is 6.54 Å². The number of hydrogen-bond acceptors (Lipinski definition) is 2. The largest absolute Gasteiger partial charge is 0.240 e. The van der Waals surface area contributed by atoms with E-state index in [9.17, 15) is 8.42 Å². The molecular formula is C16H23NO2S. The lowest BCUT2D eigenvalue weighted by Crippen LogP contribution is -2.25. The summed E-state index contributed by atoms with van der Waals surface area (Å²) in [5, 5.41) is 0. The van der Waals surface area contributed by atoms with Crippen LogP contribution in [0.2, 0.25) is 0 Å². The molecule has 0 unspecified atom stereocenters. The van der Waals surface area contributed by atoms with Crippen molar-refractivity contribution in [2.45, 2.75) is 50.8 Å². The quantitative estimate of drug-likeness (QED) is 0.845. The van der Waals surface area contributed by atoms with E-state index in [1.165, 1.54) is 18.4 Å². The van der Waals surface area contributed by atoms with Crippen molar-refractivity contribution >= 4 is 10.0 Å². The molecule has 1 aliphatic rings. The van der Waals surface area contributed by atoms with E-state index in [4.69, 9.17) is 0 Å². The predicted molar refractivity (Wildman–Crippen MR) is 82.3 cm³/mol. The fraction of sp³-hybridized carbons (Fsp3) is 0.500. The molecular weight excluding hydrogens is 270 g/mol. The molecule has 0 amide bonds. The minimum atomic E-state index is -3.38. The van der Waals surface area contributed by atoms with Crippen molar-refractivity contribution in [3.05, 3.63) is 41.0 Å². The molecule has 0 radical (unpaired) electrons. The minimum Gasteiger partial charge on any atom is -0.211 e. The van der Waals surface area contributed by atoms with Gasteiger partial charge in [-0.1, -0.05) is 17.7 Å². The summed E-state index contributed by atoms with van der Waals surface area (Å²) < 4.78 is 27.1. The molecule has 110 valence electrons. The Bertz CT molecular complexity index is 603. The summed E-state index contributed by atoms with van der Waals surface area (Å²) in [6, 6.07) is 5.26. The third kappa shape index (κ3) is 3.93. The first-order chi connectivity index (χ1) is 9.49. The van der Waals surface area contributed by atoms with Crippen LogP contribution in [0.25, 0.3) is 0 Å². The SMILES string of the molecule is Cc1ccc(S(=O)(=O)NCCC2=CCCCC2)cc1C. The van der Waals surface area contributed by atoms with Gasteiger partial charge in [0.25, 0.3) is 0 Å². The maximum atomic E-state index is 12.2. The Kier molecular flexibility index (Phi) is 5.00. The van der Waals surface area contributed by atoms with Gasteiger partial charge in [-0.3, -0.25) is 0 Å². The molecule has 0 spiro atoms. The molecule has 0 saturated carbocycles. The summed E-state index contributed by atoms with van der Waals surface area (Å²) >= 11 is 0. The van der Waals surface area contributed by atoms with Gasteiger partial charge in [0.2, 0.25) is 10.0 Å². The van der Waals surface area contributed by atoms with Gasteiger partial charge in [-0.2, -0.15) is 0 Å². The van der Waals surface area contributed by atoms with Crippen molar-refractivity contribution in [1.82, 2.24) is 4.72 Å². The topological polar surface area (TPSA) is 46.2 Å². The standard InChI is InChI=1S/C16H23NO2S/c1-13-8-9-16(12-14(13)2)20(18,19)17-11-10-15-6-4-3-5-7-15/h6,8-9,12,17H,3-5,7,10-11H2,1-2H3. The molecule has 0 aliphatic heterocycles. The van der Waals surface area contributed by atoms with Crippen molar-refractivity contribution in [3.8, 4) is 0 Å². The second kappa shape index (κ2) is 6.55. The van der Waals surface area contributed by atoms with Gasteiger partial charge in [-0.05, 0) is 69.2 Å². The third-order valence-electron chi connectivity index (χ3n) is 3.91. The van der Waals surface area contributed by atoms with Gasteiger partial charge < -0.3 is 0 Å². The summed E-state index contributed by atoms with van der Waals surface area (Å²) in [5.74, 6) is 0. The highest BCUT2D eigenvalue weighted by molar-refractivity contribution is 7.89. The Morgan fingerprint density at radius 3 is 2.60 bits per heavy atom. The van der Waals surface area contributed by atoms with Crippen molar-refractivity contribution in [1.29, 1.82) is 0 Å². The van der Waals surface area contributed by atoms with Crippen molar-refractivity contribution in [3.63, 3.8) is 0 Å². The highest BCUT2D eigenvalue weighted by Gasteiger charge is 2.14. The predicted octanol–water partition coefficient (Wildman–Crippen LogP) is 3.47. The molecule has 0 heterocycles. The van der Waals surface area contributed by atoms with Gasteiger partial charge in [0.15, 0.2) is 0 Å². The lowest BCUT2D eigenvalue weighted by atomic mass is 9.97. The zero-order chi connectivity index (χ0) is 14.6. The van der Waals surface area contributed by atoms with Crippen LogP contribution in [-0.4, -0.2) is 15.0 Å². The average molecular weight is 293 g/mol. The van der Waals surface area contributed by atoms with Crippen LogP contribution in [0.1, 0.15) is 43.2 Å². The highest BCUT2D eigenvalue weighted by atomic mass is 32.2. The number of hydrogen-bond donors (Lipinski definition) is 1. The number of rotatable bonds is 5. The van der Waals surface area contributed by atoms with Gasteiger partial charge in [-0.25, -0.2) is 13.1 Å². The molecule has 3 nitrogen and oxygen atoms in total. The number of benzene rings is 1. The van der Waals surface area contributed by atoms with Gasteiger partial charge >= 0.3 is 0 Å². The number of aryl methyl sites for hydroxylation is 2. The second-order valence-corrected chi connectivity index (χ2v) is 7.27. The van der Waals surface area contributed by atoms with Crippen molar-refractivity contribution in [2.75, 3.05) is 6.54 Å². The molecule has 0 fully saturated rings. The molecule has 0 atom stereocenters. The first-order valence-corrected chi connectivity index (χ1v) is 8.72. The van der Waals surface area contributed by atoms with E-state index < -0.39 is 10.0 Å². The zero-order valence-corrected chi connectivity index (χ0v) is 13.1. The molecule has 1 aromatic carbocycles. The summed E-state index contributed by atoms with van der Waals surface area (Å²) in [6.45, 7) is 4.40. The lowest BCUT2D eigenvalue weighted by Gasteiger charge is -2.13. The maximum Gasteiger partial charge on any atom is 0.240 e. The molecule has 1 aliphatic carbocycles. The normalized spacial score (nSPS) is 16.0. The third-order valence-corrected chi connectivity index (χ3v) is 5.37. The second-order valence-electron chi connectivity index (χ2n) is 5.50. The molecule has 0 bridgehead atoms. The van der Waals surface area contributed by atoms with Crippen LogP contribution in [0.3, 0.4) is 0 Å². The number of allylic oxidation sites excluding steroid dienone is 1. The van der Waals surface area contributed by atoms with Gasteiger partial charge in [0.05, 0.1) is 4.90 Å². The average Bonchev–Trinajstić information content (AvgIpc) is 2.43. The molecule has 1 aromatic rings. The fourth-order valence-corrected chi connectivity index (χ4v) is 3.56. The molecule has 2 rings (SSSR count). The Morgan fingerprint density at radius 1 is 1.15 bits per heavy atom. The monoisotopic (exact) mass is 293 g/mol. The van der Waals surface area contributed by atoms with Crippen LogP contribution in [0, 0.1) is 13.8 Å². The van der Waals surface area contributed by atoms with Gasteiger partial charge in [0.1, 0.15) is 0 Å². The van der Waals surface area contributed by atoms with Gasteiger partial charge in [-0.15, -0.1) is 0 Å². The van der Waals surface area contributed by atoms with Crippen LogP contribution >= 0.6 is 0 Å². The van der Waals surface area contributed by atoms with Crippen LogP contribution in [0.15, 0.2) is 34.7 Å². The van der Waals surface area contributed by atoms with Crippen LogP contribution < -0.4 is 4.72 Å². The Balaban J connectivity index is 1.96. The van der Waals surface area contributed by atoms with E-state index in [0.29, 0.717) is 11.4 Å². The first-order valence-electron chi connectivity index (χ1n) is 7.24. The van der Waals surface area contributed by atoms with E-state index in [1.807, 2.05) is 19.9 Å². The van der Waals surface area contributed by atoms with Crippen molar-refractivity contribution < 1.29 is 8.42 Å². The Labute approximate surface area is 122 Å². The van der Waals surface area contributed by atoms with E-state index >= 15 is 0 Å². The summed E-state index contributed by atoms with van der Waals surface area (Å²) in [4.78, 5) is 0.359. The Morgan fingerprint density at radius 2 is 1.95 bits per heavy atom. The minimum absolute atomic E-state index is 0.359. The molecule has 1 N–H and O–H groups in total. The fourth-order valence-electron chi connectivity index (χ4n) is 2.44. The molecule has 0 saturated heterocycles. The van der Waals surface area contributed by atoms with E-state index in [0.717, 1.165) is 30.4 Å². The summed E-state index contributed by atoms with van der Waals surface area (Å²) in [6.07, 6.45) is 7.83. The zero-order valence-electron chi connectivity index (χ0n) is 12.3. The lowest BCUT2D eigenvalue weighted by molar-refractivity contribution is 0.579. The molecule has 20 heavy (non-hydrogen) atoms. The van der Waals surface area contributed by atoms with Crippen LogP contribution in [-0.2, 0) is 10.0 Å². The smallest absolute Gasteiger partial charge is 0.211 e. The van der Waals surface area contributed by atoms with Crippen molar-refractivity contribution in [2.24, 2.45) is 0 Å². The van der Waals surface area contributed by atoms with Crippen LogP contribution in [0.4, 0.5) is 0 Å². The van der Waals surface area contributed by atoms with Crippen LogP contribution in [0.5, 0.6) is 0 Å². The summed E-state index contributed by atoms with van der Waals surface area (Å²) in [7, 11) is -3.38. The maximum absolute atomic E-state index is 12.2. The highest BCUT2D eigenvalue weighted by Crippen LogP contribution is 2.20. The molecule has 0 aromatic heterocycles. The molecule has 4 heteroatoms. The number of sulfonamides is 1. The van der Waals surface area contributed by atoms with E-state index in [-0.39, 0.29) is 0 Å².